The molecule has 2 aromatic rings. The van der Waals surface area contributed by atoms with E-state index in [9.17, 15) is 4.39 Å². The molecule has 0 saturated heterocycles. The van der Waals surface area contributed by atoms with Crippen LogP contribution in [-0.4, -0.2) is 14.8 Å². The van der Waals surface area contributed by atoms with Crippen LogP contribution in [0.1, 0.15) is 20.8 Å². The van der Waals surface area contributed by atoms with Crippen LogP contribution in [0.25, 0.3) is 11.0 Å². The van der Waals surface area contributed by atoms with Crippen molar-refractivity contribution in [3.05, 3.63) is 22.7 Å². The molecular weight excluding hydrogens is 261 g/mol. The van der Waals surface area contributed by atoms with Gasteiger partial charge in [0.2, 0.25) is 5.95 Å². The summed E-state index contributed by atoms with van der Waals surface area (Å²) in [5.74, 6) is -0.341. The van der Waals surface area contributed by atoms with E-state index in [1.165, 1.54) is 4.68 Å². The molecule has 0 aliphatic heterocycles. The molecule has 3 nitrogen and oxygen atoms in total. The smallest absolute Gasteiger partial charge is 0.221 e. The molecule has 5 heteroatoms. The van der Waals surface area contributed by atoms with Gasteiger partial charge in [0.1, 0.15) is 0 Å². The molecule has 0 atom stereocenters. The summed E-state index contributed by atoms with van der Waals surface area (Å²) in [6.07, 6.45) is 1.61. The third-order valence-electron chi connectivity index (χ3n) is 2.07. The van der Waals surface area contributed by atoms with Gasteiger partial charge in [-0.15, -0.1) is 5.10 Å². The lowest BCUT2D eigenvalue weighted by molar-refractivity contribution is 0.303. The maximum Gasteiger partial charge on any atom is 0.221 e. The predicted molar refractivity (Wildman–Crippen MR) is 60.2 cm³/mol. The Morgan fingerprint density at radius 2 is 2.07 bits per heavy atom. The summed E-state index contributed by atoms with van der Waals surface area (Å²) in [6, 6.07) is 1.69. The van der Waals surface area contributed by atoms with E-state index >= 15 is 0 Å². The number of hydrogen-bond donors (Lipinski definition) is 0. The van der Waals surface area contributed by atoms with Gasteiger partial charge in [-0.1, -0.05) is 0 Å². The van der Waals surface area contributed by atoms with Gasteiger partial charge in [0.15, 0.2) is 5.65 Å². The molecular formula is C10H11BrFN3. The first-order valence-electron chi connectivity index (χ1n) is 4.60. The molecule has 0 amide bonds. The van der Waals surface area contributed by atoms with Gasteiger partial charge in [0.25, 0.3) is 0 Å². The van der Waals surface area contributed by atoms with Crippen molar-refractivity contribution in [1.29, 1.82) is 0 Å². The summed E-state index contributed by atoms with van der Waals surface area (Å²) in [6.45, 7) is 5.70. The Labute approximate surface area is 95.4 Å². The summed E-state index contributed by atoms with van der Waals surface area (Å²) >= 11 is 3.26. The average Bonchev–Trinajstić information content (AvgIpc) is 2.43. The van der Waals surface area contributed by atoms with Crippen molar-refractivity contribution >= 4 is 27.0 Å². The van der Waals surface area contributed by atoms with Gasteiger partial charge >= 0.3 is 0 Å². The van der Waals surface area contributed by atoms with Crippen molar-refractivity contribution in [3.8, 4) is 0 Å². The quantitative estimate of drug-likeness (QED) is 0.737. The highest BCUT2D eigenvalue weighted by Crippen LogP contribution is 2.24. The molecule has 80 valence electrons. The van der Waals surface area contributed by atoms with Crippen molar-refractivity contribution in [1.82, 2.24) is 14.8 Å². The van der Waals surface area contributed by atoms with Crippen LogP contribution < -0.4 is 0 Å². The zero-order chi connectivity index (χ0) is 11.2. The monoisotopic (exact) mass is 271 g/mol. The average molecular weight is 272 g/mol. The molecule has 0 aromatic carbocycles. The Morgan fingerprint density at radius 3 is 2.67 bits per heavy atom. The van der Waals surface area contributed by atoms with Crippen LogP contribution in [0, 0.1) is 5.95 Å². The second-order valence-corrected chi connectivity index (χ2v) is 5.31. The van der Waals surface area contributed by atoms with Gasteiger partial charge in [-0.05, 0) is 42.8 Å². The zero-order valence-electron chi connectivity index (χ0n) is 8.75. The number of rotatable bonds is 0. The van der Waals surface area contributed by atoms with Gasteiger partial charge in [-0.3, -0.25) is 0 Å². The first-order chi connectivity index (χ1) is 6.89. The fourth-order valence-electron chi connectivity index (χ4n) is 1.36. The number of fused-ring (bicyclic) bond motifs is 1. The summed E-state index contributed by atoms with van der Waals surface area (Å²) in [4.78, 5) is 4.06. The topological polar surface area (TPSA) is 30.7 Å². The molecule has 2 heterocycles. The lowest BCUT2D eigenvalue weighted by atomic mass is 10.1. The highest BCUT2D eigenvalue weighted by atomic mass is 79.9. The zero-order valence-corrected chi connectivity index (χ0v) is 10.3. The molecule has 2 aromatic heterocycles. The van der Waals surface area contributed by atoms with Gasteiger partial charge in [-0.2, -0.15) is 4.39 Å². The van der Waals surface area contributed by atoms with Crippen molar-refractivity contribution in [2.45, 2.75) is 26.3 Å². The number of nitrogens with zero attached hydrogens (tertiary/aromatic N) is 3. The van der Waals surface area contributed by atoms with Crippen LogP contribution in [0.5, 0.6) is 0 Å². The van der Waals surface area contributed by atoms with Gasteiger partial charge < -0.3 is 0 Å². The van der Waals surface area contributed by atoms with Gasteiger partial charge in [-0.25, -0.2) is 9.67 Å². The maximum atomic E-state index is 13.9. The number of pyridine rings is 1. The number of hydrogen-bond acceptors (Lipinski definition) is 2. The second-order valence-electron chi connectivity index (χ2n) is 4.40. The minimum Gasteiger partial charge on any atom is -0.234 e. The Hall–Kier alpha value is -0.970. The highest BCUT2D eigenvalue weighted by molar-refractivity contribution is 9.10. The van der Waals surface area contributed by atoms with Crippen molar-refractivity contribution in [2.75, 3.05) is 0 Å². The van der Waals surface area contributed by atoms with E-state index in [-0.39, 0.29) is 11.5 Å². The SMILES string of the molecule is CC(C)(C)n1nc2ncc(Br)cc2c1F. The molecule has 0 bridgehead atoms. The molecule has 15 heavy (non-hydrogen) atoms. The molecule has 0 aliphatic rings. The minimum absolute atomic E-state index is 0.341. The van der Waals surface area contributed by atoms with E-state index in [1.54, 1.807) is 12.3 Å². The van der Waals surface area contributed by atoms with Crippen LogP contribution in [0.15, 0.2) is 16.7 Å². The first kappa shape index (κ1) is 10.5. The fraction of sp³-hybridized carbons (Fsp3) is 0.400. The Morgan fingerprint density at radius 1 is 1.40 bits per heavy atom. The number of aromatic nitrogens is 3. The molecule has 0 unspecified atom stereocenters. The van der Waals surface area contributed by atoms with Crippen LogP contribution in [-0.2, 0) is 5.54 Å². The van der Waals surface area contributed by atoms with Gasteiger partial charge in [0.05, 0.1) is 10.9 Å². The maximum absolute atomic E-state index is 13.9. The lowest BCUT2D eigenvalue weighted by Crippen LogP contribution is -2.24. The summed E-state index contributed by atoms with van der Waals surface area (Å²) in [7, 11) is 0. The summed E-state index contributed by atoms with van der Waals surface area (Å²) < 4.78 is 16.1. The van der Waals surface area contributed by atoms with Crippen LogP contribution in [0.3, 0.4) is 0 Å². The van der Waals surface area contributed by atoms with E-state index < -0.39 is 0 Å². The highest BCUT2D eigenvalue weighted by Gasteiger charge is 2.21. The third-order valence-corrected chi connectivity index (χ3v) is 2.51. The molecule has 0 aliphatic carbocycles. The van der Waals surface area contributed by atoms with Crippen molar-refractivity contribution in [2.24, 2.45) is 0 Å². The second kappa shape index (κ2) is 3.27. The fourth-order valence-corrected chi connectivity index (χ4v) is 1.69. The summed E-state index contributed by atoms with van der Waals surface area (Å²) in [5, 5.41) is 4.58. The molecule has 0 radical (unpaired) electrons. The van der Waals surface area contributed by atoms with E-state index in [1.807, 2.05) is 20.8 Å². The predicted octanol–water partition coefficient (Wildman–Crippen LogP) is 3.09. The Kier molecular flexibility index (Phi) is 2.30. The lowest BCUT2D eigenvalue weighted by Gasteiger charge is -2.18. The van der Waals surface area contributed by atoms with Crippen LogP contribution in [0.4, 0.5) is 4.39 Å². The van der Waals surface area contributed by atoms with E-state index in [2.05, 4.69) is 26.0 Å². The normalized spacial score (nSPS) is 12.3. The molecule has 0 fully saturated rings. The van der Waals surface area contributed by atoms with Crippen LogP contribution >= 0.6 is 15.9 Å². The summed E-state index contributed by atoms with van der Waals surface area (Å²) in [5.41, 5.74) is 0.0580. The van der Waals surface area contributed by atoms with E-state index in [0.29, 0.717) is 11.0 Å². The van der Waals surface area contributed by atoms with Gasteiger partial charge in [0, 0.05) is 10.7 Å². The minimum atomic E-state index is -0.378. The molecule has 0 saturated carbocycles. The van der Waals surface area contributed by atoms with Crippen LogP contribution in [0.2, 0.25) is 0 Å². The third kappa shape index (κ3) is 1.76. The largest absolute Gasteiger partial charge is 0.234 e. The van der Waals surface area contributed by atoms with E-state index in [0.717, 1.165) is 4.47 Å². The van der Waals surface area contributed by atoms with Crippen molar-refractivity contribution < 1.29 is 4.39 Å². The van der Waals surface area contributed by atoms with E-state index in [4.69, 9.17) is 0 Å². The van der Waals surface area contributed by atoms with Crippen molar-refractivity contribution in [3.63, 3.8) is 0 Å². The first-order valence-corrected chi connectivity index (χ1v) is 5.39. The molecule has 0 N–H and O–H groups in total. The Balaban J connectivity index is 2.76. The molecule has 2 rings (SSSR count). The number of halogens is 2. The standard InChI is InChI=1S/C10H11BrFN3/c1-10(2,3)15-8(12)7-4-6(11)5-13-9(7)14-15/h4-5H,1-3H3. The Bertz CT molecular complexity index is 513. The molecule has 0 spiro atoms.